The monoisotopic (exact) mass is 251 g/mol. The zero-order valence-electron chi connectivity index (χ0n) is 12.3. The minimum atomic E-state index is 0.471. The third-order valence-corrected chi connectivity index (χ3v) is 3.45. The van der Waals surface area contributed by atoms with Crippen LogP contribution in [-0.4, -0.2) is 6.54 Å². The number of hydrogen-bond donors (Lipinski definition) is 1. The molecule has 0 aliphatic carbocycles. The molecule has 0 saturated carbocycles. The molecule has 0 fully saturated rings. The van der Waals surface area contributed by atoms with Crippen molar-refractivity contribution in [3.63, 3.8) is 0 Å². The van der Waals surface area contributed by atoms with E-state index < -0.39 is 0 Å². The minimum absolute atomic E-state index is 0.471. The highest BCUT2D eigenvalue weighted by Gasteiger charge is 2.11. The Labute approximate surface area is 112 Å². The smallest absolute Gasteiger partial charge is 0.101 e. The summed E-state index contributed by atoms with van der Waals surface area (Å²) in [4.78, 5) is 0. The van der Waals surface area contributed by atoms with Crippen LogP contribution in [0.1, 0.15) is 76.2 Å². The number of nitrogens with one attached hydrogen (secondary N) is 1. The van der Waals surface area contributed by atoms with Gasteiger partial charge in [-0.2, -0.15) is 0 Å². The Bertz CT molecular complexity index is 306. The van der Waals surface area contributed by atoms with Gasteiger partial charge in [-0.15, -0.1) is 0 Å². The maximum atomic E-state index is 5.41. The SMILES string of the molecule is CCCCCCCCC(NCC)c1coc(C)c1. The first-order valence-corrected chi connectivity index (χ1v) is 7.56. The van der Waals surface area contributed by atoms with E-state index in [4.69, 9.17) is 4.42 Å². The molecule has 1 N–H and O–H groups in total. The summed E-state index contributed by atoms with van der Waals surface area (Å²) in [6, 6.07) is 2.63. The van der Waals surface area contributed by atoms with Crippen LogP contribution in [0.15, 0.2) is 16.7 Å². The van der Waals surface area contributed by atoms with E-state index in [-0.39, 0.29) is 0 Å². The maximum Gasteiger partial charge on any atom is 0.101 e. The van der Waals surface area contributed by atoms with E-state index in [9.17, 15) is 0 Å². The van der Waals surface area contributed by atoms with Crippen molar-refractivity contribution in [1.29, 1.82) is 0 Å². The molecule has 0 aromatic carbocycles. The van der Waals surface area contributed by atoms with Gasteiger partial charge in [-0.1, -0.05) is 52.4 Å². The minimum Gasteiger partial charge on any atom is -0.469 e. The number of rotatable bonds is 10. The average Bonchev–Trinajstić information content (AvgIpc) is 2.79. The van der Waals surface area contributed by atoms with Crippen LogP contribution < -0.4 is 5.32 Å². The average molecular weight is 251 g/mol. The van der Waals surface area contributed by atoms with E-state index in [2.05, 4.69) is 25.2 Å². The topological polar surface area (TPSA) is 25.2 Å². The summed E-state index contributed by atoms with van der Waals surface area (Å²) in [5.41, 5.74) is 1.31. The first-order valence-electron chi connectivity index (χ1n) is 7.56. The van der Waals surface area contributed by atoms with Crippen molar-refractivity contribution >= 4 is 0 Å². The third-order valence-electron chi connectivity index (χ3n) is 3.45. The molecule has 0 radical (unpaired) electrons. The Morgan fingerprint density at radius 2 is 1.83 bits per heavy atom. The Morgan fingerprint density at radius 3 is 2.44 bits per heavy atom. The van der Waals surface area contributed by atoms with Crippen molar-refractivity contribution in [2.75, 3.05) is 6.54 Å². The largest absolute Gasteiger partial charge is 0.469 e. The number of aryl methyl sites for hydroxylation is 1. The van der Waals surface area contributed by atoms with Crippen LogP contribution in [0, 0.1) is 6.92 Å². The zero-order valence-corrected chi connectivity index (χ0v) is 12.3. The van der Waals surface area contributed by atoms with Crippen LogP contribution >= 0.6 is 0 Å². The van der Waals surface area contributed by atoms with Crippen LogP contribution in [0.4, 0.5) is 0 Å². The molecule has 0 bridgehead atoms. The zero-order chi connectivity index (χ0) is 13.2. The molecule has 1 unspecified atom stereocenters. The summed E-state index contributed by atoms with van der Waals surface area (Å²) >= 11 is 0. The molecule has 1 aromatic heterocycles. The van der Waals surface area contributed by atoms with Crippen molar-refractivity contribution < 1.29 is 4.42 Å². The molecule has 2 heteroatoms. The van der Waals surface area contributed by atoms with Gasteiger partial charge in [0.15, 0.2) is 0 Å². The van der Waals surface area contributed by atoms with Crippen LogP contribution in [0.2, 0.25) is 0 Å². The van der Waals surface area contributed by atoms with Gasteiger partial charge in [0.25, 0.3) is 0 Å². The summed E-state index contributed by atoms with van der Waals surface area (Å²) in [6.45, 7) is 7.46. The molecule has 1 rings (SSSR count). The highest BCUT2D eigenvalue weighted by Crippen LogP contribution is 2.22. The molecular formula is C16H29NO. The molecule has 104 valence electrons. The molecule has 0 aliphatic rings. The molecule has 0 spiro atoms. The predicted octanol–water partition coefficient (Wildman–Crippen LogP) is 4.99. The lowest BCUT2D eigenvalue weighted by molar-refractivity contribution is 0.468. The van der Waals surface area contributed by atoms with Crippen molar-refractivity contribution in [2.24, 2.45) is 0 Å². The highest BCUT2D eigenvalue weighted by atomic mass is 16.3. The van der Waals surface area contributed by atoms with Crippen LogP contribution in [-0.2, 0) is 0 Å². The Hall–Kier alpha value is -0.760. The molecule has 0 aliphatic heterocycles. The fourth-order valence-corrected chi connectivity index (χ4v) is 2.41. The lowest BCUT2D eigenvalue weighted by Gasteiger charge is -2.16. The van der Waals surface area contributed by atoms with Crippen molar-refractivity contribution in [3.05, 3.63) is 23.7 Å². The summed E-state index contributed by atoms with van der Waals surface area (Å²) in [5.74, 6) is 1.01. The summed E-state index contributed by atoms with van der Waals surface area (Å²) in [7, 11) is 0. The van der Waals surface area contributed by atoms with E-state index in [0.717, 1.165) is 12.3 Å². The number of furan rings is 1. The maximum absolute atomic E-state index is 5.41. The molecule has 1 atom stereocenters. The van der Waals surface area contributed by atoms with Crippen LogP contribution in [0.5, 0.6) is 0 Å². The Balaban J connectivity index is 2.26. The van der Waals surface area contributed by atoms with Crippen molar-refractivity contribution in [1.82, 2.24) is 5.32 Å². The fourth-order valence-electron chi connectivity index (χ4n) is 2.41. The number of unbranched alkanes of at least 4 members (excludes halogenated alkanes) is 5. The van der Waals surface area contributed by atoms with Gasteiger partial charge < -0.3 is 9.73 Å². The van der Waals surface area contributed by atoms with Gasteiger partial charge in [-0.3, -0.25) is 0 Å². The van der Waals surface area contributed by atoms with Gasteiger partial charge in [-0.25, -0.2) is 0 Å². The fraction of sp³-hybridized carbons (Fsp3) is 0.750. The molecule has 0 amide bonds. The molecule has 1 aromatic rings. The molecule has 0 saturated heterocycles. The Kier molecular flexibility index (Phi) is 7.83. The van der Waals surface area contributed by atoms with Gasteiger partial charge in [0.2, 0.25) is 0 Å². The van der Waals surface area contributed by atoms with E-state index in [1.165, 1.54) is 50.5 Å². The molecule has 2 nitrogen and oxygen atoms in total. The lowest BCUT2D eigenvalue weighted by atomic mass is 10.0. The van der Waals surface area contributed by atoms with Gasteiger partial charge in [0.1, 0.15) is 5.76 Å². The normalized spacial score (nSPS) is 12.8. The highest BCUT2D eigenvalue weighted by molar-refractivity contribution is 5.16. The lowest BCUT2D eigenvalue weighted by Crippen LogP contribution is -2.20. The number of hydrogen-bond acceptors (Lipinski definition) is 2. The predicted molar refractivity (Wildman–Crippen MR) is 77.9 cm³/mol. The first kappa shape index (κ1) is 15.3. The summed E-state index contributed by atoms with van der Waals surface area (Å²) < 4.78 is 5.41. The second-order valence-corrected chi connectivity index (χ2v) is 5.16. The van der Waals surface area contributed by atoms with Gasteiger partial charge in [-0.05, 0) is 26.0 Å². The van der Waals surface area contributed by atoms with Crippen LogP contribution in [0.3, 0.4) is 0 Å². The molecule has 18 heavy (non-hydrogen) atoms. The third kappa shape index (κ3) is 5.72. The standard InChI is InChI=1S/C16H29NO/c1-4-6-7-8-9-10-11-16(17-5-2)15-12-14(3)18-13-15/h12-13,16-17H,4-11H2,1-3H3. The summed E-state index contributed by atoms with van der Waals surface area (Å²) in [5, 5.41) is 3.55. The van der Waals surface area contributed by atoms with Crippen molar-refractivity contribution in [3.8, 4) is 0 Å². The summed E-state index contributed by atoms with van der Waals surface area (Å²) in [6.07, 6.45) is 11.3. The second kappa shape index (κ2) is 9.21. The van der Waals surface area contributed by atoms with E-state index in [0.29, 0.717) is 6.04 Å². The first-order chi connectivity index (χ1) is 8.77. The quantitative estimate of drug-likeness (QED) is 0.593. The van der Waals surface area contributed by atoms with Gasteiger partial charge >= 0.3 is 0 Å². The Morgan fingerprint density at radius 1 is 1.11 bits per heavy atom. The van der Waals surface area contributed by atoms with Crippen molar-refractivity contribution in [2.45, 2.75) is 71.8 Å². The van der Waals surface area contributed by atoms with Crippen LogP contribution in [0.25, 0.3) is 0 Å². The van der Waals surface area contributed by atoms with E-state index >= 15 is 0 Å². The van der Waals surface area contributed by atoms with Gasteiger partial charge in [0.05, 0.1) is 6.26 Å². The second-order valence-electron chi connectivity index (χ2n) is 5.16. The van der Waals surface area contributed by atoms with Gasteiger partial charge in [0, 0.05) is 11.6 Å². The van der Waals surface area contributed by atoms with E-state index in [1.54, 1.807) is 0 Å². The molecule has 1 heterocycles. The molecular weight excluding hydrogens is 222 g/mol. The van der Waals surface area contributed by atoms with E-state index in [1.807, 2.05) is 13.2 Å².